The molecular formula is C34H44O4. The summed E-state index contributed by atoms with van der Waals surface area (Å²) >= 11 is 0. The van der Waals surface area contributed by atoms with Crippen molar-refractivity contribution in [2.24, 2.45) is 35.5 Å². The zero-order valence-electron chi connectivity index (χ0n) is 22.8. The summed E-state index contributed by atoms with van der Waals surface area (Å²) in [5, 5.41) is 21.8. The Bertz CT molecular complexity index is 1160. The molecule has 8 aliphatic carbocycles. The van der Waals surface area contributed by atoms with E-state index in [1.54, 1.807) is 0 Å². The average Bonchev–Trinajstić information content (AvgIpc) is 2.88. The molecule has 8 bridgehead atoms. The van der Waals surface area contributed by atoms with E-state index >= 15 is 0 Å². The Labute approximate surface area is 227 Å². The third-order valence-corrected chi connectivity index (χ3v) is 12.0. The third kappa shape index (κ3) is 3.69. The molecule has 8 fully saturated rings. The van der Waals surface area contributed by atoms with Crippen LogP contribution in [0, 0.1) is 35.5 Å². The van der Waals surface area contributed by atoms with Crippen molar-refractivity contribution >= 4 is 10.8 Å². The second kappa shape index (κ2) is 8.86. The summed E-state index contributed by atoms with van der Waals surface area (Å²) in [6.07, 6.45) is 16.4. The fraction of sp³-hybridized carbons (Fsp3) is 0.706. The molecule has 0 saturated heterocycles. The van der Waals surface area contributed by atoms with Gasteiger partial charge in [-0.25, -0.2) is 0 Å². The van der Waals surface area contributed by atoms with Gasteiger partial charge in [-0.15, -0.1) is 0 Å². The minimum Gasteiger partial charge on any atom is -0.491 e. The summed E-state index contributed by atoms with van der Waals surface area (Å²) in [6, 6.07) is 9.39. The number of aliphatic hydroxyl groups is 2. The van der Waals surface area contributed by atoms with Crippen LogP contribution >= 0.6 is 0 Å². The molecular weight excluding hydrogens is 472 g/mol. The van der Waals surface area contributed by atoms with Crippen LogP contribution in [-0.4, -0.2) is 36.6 Å². The van der Waals surface area contributed by atoms with E-state index in [1.165, 1.54) is 98.9 Å². The van der Waals surface area contributed by atoms with Gasteiger partial charge in [-0.3, -0.25) is 0 Å². The number of ether oxygens (including phenoxy) is 2. The van der Waals surface area contributed by atoms with Gasteiger partial charge >= 0.3 is 0 Å². The lowest BCUT2D eigenvalue weighted by Crippen LogP contribution is -2.49. The number of fused-ring (bicyclic) bond motifs is 1. The van der Waals surface area contributed by atoms with E-state index in [0.717, 1.165) is 47.0 Å². The lowest BCUT2D eigenvalue weighted by Gasteiger charge is -2.57. The summed E-state index contributed by atoms with van der Waals surface area (Å²) in [7, 11) is 0. The largest absolute Gasteiger partial charge is 0.491 e. The molecule has 2 aromatic carbocycles. The molecule has 8 saturated carbocycles. The second-order valence-electron chi connectivity index (χ2n) is 14.5. The molecule has 0 heterocycles. The number of aliphatic hydroxyl groups excluding tert-OH is 2. The zero-order valence-corrected chi connectivity index (χ0v) is 22.8. The molecule has 4 nitrogen and oxygen atoms in total. The van der Waals surface area contributed by atoms with Crippen molar-refractivity contribution in [2.45, 2.75) is 87.9 Å². The maximum absolute atomic E-state index is 9.75. The Morgan fingerprint density at radius 3 is 1.47 bits per heavy atom. The highest BCUT2D eigenvalue weighted by Gasteiger charge is 2.54. The normalized spacial score (nSPS) is 40.3. The van der Waals surface area contributed by atoms with Crippen molar-refractivity contribution in [2.75, 3.05) is 26.4 Å². The highest BCUT2D eigenvalue weighted by atomic mass is 16.5. The first-order valence-corrected chi connectivity index (χ1v) is 15.7. The minimum atomic E-state index is 0.0255. The molecule has 10 rings (SSSR count). The molecule has 2 aromatic rings. The topological polar surface area (TPSA) is 58.9 Å². The molecule has 0 spiro atoms. The minimum absolute atomic E-state index is 0.0255. The number of rotatable bonds is 8. The summed E-state index contributed by atoms with van der Waals surface area (Å²) in [5.41, 5.74) is 3.35. The number of hydrogen-bond acceptors (Lipinski definition) is 4. The number of hydrogen-bond donors (Lipinski definition) is 2. The summed E-state index contributed by atoms with van der Waals surface area (Å²) in [6.45, 7) is 0.733. The Kier molecular flexibility index (Phi) is 5.61. The van der Waals surface area contributed by atoms with E-state index in [1.807, 2.05) is 0 Å². The molecule has 2 N–H and O–H groups in total. The SMILES string of the molecule is OCCOc1cc2c(C34CC5CC(CC(C5)C3)C4)ccc(OCCO)c2cc1C12CC3CC(CC(C3)C1)C2. The van der Waals surface area contributed by atoms with Crippen molar-refractivity contribution < 1.29 is 19.7 Å². The van der Waals surface area contributed by atoms with E-state index in [4.69, 9.17) is 9.47 Å². The second-order valence-corrected chi connectivity index (χ2v) is 14.5. The monoisotopic (exact) mass is 516 g/mol. The molecule has 8 aliphatic rings. The van der Waals surface area contributed by atoms with E-state index in [2.05, 4.69) is 24.3 Å². The average molecular weight is 517 g/mol. The Morgan fingerprint density at radius 2 is 1.00 bits per heavy atom. The first-order chi connectivity index (χ1) is 18.6. The fourth-order valence-corrected chi connectivity index (χ4v) is 11.7. The fourth-order valence-electron chi connectivity index (χ4n) is 11.7. The van der Waals surface area contributed by atoms with Crippen LogP contribution in [0.4, 0.5) is 0 Å². The van der Waals surface area contributed by atoms with E-state index in [0.29, 0.717) is 13.2 Å². The van der Waals surface area contributed by atoms with Crippen molar-refractivity contribution in [1.82, 2.24) is 0 Å². The highest BCUT2D eigenvalue weighted by molar-refractivity contribution is 5.94. The Balaban J connectivity index is 1.31. The molecule has 0 atom stereocenters. The maximum Gasteiger partial charge on any atom is 0.127 e. The van der Waals surface area contributed by atoms with Crippen LogP contribution in [0.1, 0.15) is 88.2 Å². The van der Waals surface area contributed by atoms with Gasteiger partial charge in [0.15, 0.2) is 0 Å². The molecule has 0 unspecified atom stereocenters. The first-order valence-electron chi connectivity index (χ1n) is 15.7. The van der Waals surface area contributed by atoms with Gasteiger partial charge in [-0.2, -0.15) is 0 Å². The Morgan fingerprint density at radius 1 is 0.553 bits per heavy atom. The first kappa shape index (κ1) is 24.1. The van der Waals surface area contributed by atoms with Crippen molar-refractivity contribution in [3.8, 4) is 11.5 Å². The molecule has 204 valence electrons. The van der Waals surface area contributed by atoms with Crippen molar-refractivity contribution in [1.29, 1.82) is 0 Å². The van der Waals surface area contributed by atoms with Crippen LogP contribution in [0.2, 0.25) is 0 Å². The molecule has 0 radical (unpaired) electrons. The van der Waals surface area contributed by atoms with Crippen LogP contribution < -0.4 is 9.47 Å². The standard InChI is InChI=1S/C34H44O4/c35-3-5-37-31-2-1-29(33-15-21-7-22(16-33)9-23(8-21)17-33)27-14-32(38-6-4-36)30(13-28(27)31)34-18-24-10-25(19-34)12-26(11-24)20-34/h1-2,13-14,21-26,35-36H,3-12,15-20H2. The predicted octanol–water partition coefficient (Wildman–Crippen LogP) is 6.52. The molecule has 0 aromatic heterocycles. The van der Waals surface area contributed by atoms with Crippen LogP contribution in [0.3, 0.4) is 0 Å². The molecule has 0 aliphatic heterocycles. The van der Waals surface area contributed by atoms with Gasteiger partial charge in [0.25, 0.3) is 0 Å². The van der Waals surface area contributed by atoms with E-state index in [9.17, 15) is 10.2 Å². The zero-order chi connectivity index (χ0) is 25.5. The lowest BCUT2D eigenvalue weighted by molar-refractivity contribution is -0.00649. The van der Waals surface area contributed by atoms with Gasteiger partial charge in [-0.1, -0.05) is 6.07 Å². The maximum atomic E-state index is 9.75. The van der Waals surface area contributed by atoms with Crippen LogP contribution in [0.15, 0.2) is 24.3 Å². The molecule has 0 amide bonds. The van der Waals surface area contributed by atoms with E-state index in [-0.39, 0.29) is 24.0 Å². The van der Waals surface area contributed by atoms with Crippen molar-refractivity contribution in [3.63, 3.8) is 0 Å². The quantitative estimate of drug-likeness (QED) is 0.420. The predicted molar refractivity (Wildman–Crippen MR) is 149 cm³/mol. The van der Waals surface area contributed by atoms with Crippen LogP contribution in [0.5, 0.6) is 11.5 Å². The van der Waals surface area contributed by atoms with Gasteiger partial charge in [0, 0.05) is 10.9 Å². The highest BCUT2D eigenvalue weighted by Crippen LogP contribution is 2.64. The van der Waals surface area contributed by atoms with Gasteiger partial charge in [0.2, 0.25) is 0 Å². The van der Waals surface area contributed by atoms with Gasteiger partial charge in [0.05, 0.1) is 13.2 Å². The summed E-state index contributed by atoms with van der Waals surface area (Å²) in [5.74, 6) is 7.14. The van der Waals surface area contributed by atoms with Gasteiger partial charge in [-0.05, 0) is 153 Å². The molecule has 4 heteroatoms. The van der Waals surface area contributed by atoms with Crippen LogP contribution in [0.25, 0.3) is 10.8 Å². The van der Waals surface area contributed by atoms with Gasteiger partial charge < -0.3 is 19.7 Å². The van der Waals surface area contributed by atoms with E-state index < -0.39 is 0 Å². The summed E-state index contributed by atoms with van der Waals surface area (Å²) < 4.78 is 12.7. The van der Waals surface area contributed by atoms with Crippen LogP contribution in [-0.2, 0) is 10.8 Å². The molecule has 38 heavy (non-hydrogen) atoms. The lowest BCUT2D eigenvalue weighted by atomic mass is 9.47. The Hall–Kier alpha value is -1.78. The smallest absolute Gasteiger partial charge is 0.127 e. The number of benzene rings is 2. The van der Waals surface area contributed by atoms with Crippen molar-refractivity contribution in [3.05, 3.63) is 35.4 Å². The third-order valence-electron chi connectivity index (χ3n) is 12.0. The summed E-state index contributed by atoms with van der Waals surface area (Å²) in [4.78, 5) is 0. The van der Waals surface area contributed by atoms with Gasteiger partial charge in [0.1, 0.15) is 24.7 Å².